The second-order valence-electron chi connectivity index (χ2n) is 8.79. The van der Waals surface area contributed by atoms with Crippen molar-refractivity contribution in [2.24, 2.45) is 5.92 Å². The summed E-state index contributed by atoms with van der Waals surface area (Å²) in [7, 11) is -0.277. The van der Waals surface area contributed by atoms with Gasteiger partial charge in [-0.1, -0.05) is 17.7 Å². The van der Waals surface area contributed by atoms with Crippen LogP contribution in [0.25, 0.3) is 0 Å². The summed E-state index contributed by atoms with van der Waals surface area (Å²) in [4.78, 5) is 15.7. The minimum Gasteiger partial charge on any atom is -0.497 e. The molecule has 2 aliphatic rings. The van der Waals surface area contributed by atoms with Crippen LogP contribution in [-0.2, 0) is 14.8 Å². The Balaban J connectivity index is 1.46. The number of ether oxygens (including phenoxy) is 2. The van der Waals surface area contributed by atoms with E-state index in [2.05, 4.69) is 0 Å². The van der Waals surface area contributed by atoms with Crippen LogP contribution < -0.4 is 9.47 Å². The number of hydrogen-bond acceptors (Lipinski definition) is 5. The van der Waals surface area contributed by atoms with E-state index in [-0.39, 0.29) is 17.9 Å². The summed E-state index contributed by atoms with van der Waals surface area (Å²) in [6.07, 6.45) is 2.86. The molecule has 0 aromatic heterocycles. The van der Waals surface area contributed by atoms with Crippen molar-refractivity contribution in [3.8, 4) is 11.5 Å². The van der Waals surface area contributed by atoms with Crippen molar-refractivity contribution in [1.82, 2.24) is 9.21 Å². The van der Waals surface area contributed by atoms with Crippen molar-refractivity contribution >= 4 is 15.9 Å². The first-order valence-corrected chi connectivity index (χ1v) is 12.9. The lowest BCUT2D eigenvalue weighted by Crippen LogP contribution is -2.44. The van der Waals surface area contributed by atoms with Gasteiger partial charge in [0.05, 0.1) is 25.2 Å². The molecule has 0 saturated carbocycles. The van der Waals surface area contributed by atoms with Crippen LogP contribution in [0.1, 0.15) is 42.9 Å². The number of sulfonamides is 1. The van der Waals surface area contributed by atoms with E-state index in [0.29, 0.717) is 37.4 Å². The third kappa shape index (κ3) is 4.73. The Morgan fingerprint density at radius 1 is 0.939 bits per heavy atom. The summed E-state index contributed by atoms with van der Waals surface area (Å²) in [5.41, 5.74) is 1.98. The molecule has 4 rings (SSSR count). The summed E-state index contributed by atoms with van der Waals surface area (Å²) in [5, 5.41) is 0. The average molecular weight is 473 g/mol. The topological polar surface area (TPSA) is 76.2 Å². The van der Waals surface area contributed by atoms with E-state index in [9.17, 15) is 13.2 Å². The van der Waals surface area contributed by atoms with Crippen LogP contribution in [0.4, 0.5) is 0 Å². The Hall–Kier alpha value is -2.58. The minimum absolute atomic E-state index is 0.0585. The summed E-state index contributed by atoms with van der Waals surface area (Å²) >= 11 is 0. The average Bonchev–Trinajstić information content (AvgIpc) is 3.33. The van der Waals surface area contributed by atoms with E-state index in [4.69, 9.17) is 9.47 Å². The van der Waals surface area contributed by atoms with Crippen LogP contribution >= 0.6 is 0 Å². The molecule has 1 amide bonds. The molecule has 33 heavy (non-hydrogen) atoms. The molecule has 0 aliphatic carbocycles. The van der Waals surface area contributed by atoms with E-state index in [1.165, 1.54) is 4.31 Å². The first-order valence-electron chi connectivity index (χ1n) is 11.4. The van der Waals surface area contributed by atoms with Crippen molar-refractivity contribution < 1.29 is 22.7 Å². The van der Waals surface area contributed by atoms with Crippen LogP contribution in [-0.4, -0.2) is 57.4 Å². The molecule has 2 fully saturated rings. The van der Waals surface area contributed by atoms with Gasteiger partial charge in [-0.15, -0.1) is 0 Å². The van der Waals surface area contributed by atoms with Crippen molar-refractivity contribution in [3.63, 3.8) is 0 Å². The number of benzene rings is 2. The zero-order valence-electron chi connectivity index (χ0n) is 19.5. The zero-order valence-corrected chi connectivity index (χ0v) is 20.3. The highest BCUT2D eigenvalue weighted by Gasteiger charge is 2.38. The summed E-state index contributed by atoms with van der Waals surface area (Å²) < 4.78 is 38.5. The maximum absolute atomic E-state index is 13.5. The Bertz CT molecular complexity index is 1090. The predicted molar refractivity (Wildman–Crippen MR) is 126 cm³/mol. The molecule has 2 aromatic rings. The Kier molecular flexibility index (Phi) is 6.95. The minimum atomic E-state index is -3.54. The highest BCUT2D eigenvalue weighted by atomic mass is 32.2. The van der Waals surface area contributed by atoms with Gasteiger partial charge in [0.15, 0.2) is 0 Å². The molecule has 7 nitrogen and oxygen atoms in total. The smallest absolute Gasteiger partial charge is 0.243 e. The summed E-state index contributed by atoms with van der Waals surface area (Å²) in [6.45, 7) is 3.34. The fourth-order valence-corrected chi connectivity index (χ4v) is 6.36. The Labute approximate surface area is 196 Å². The number of nitrogens with zero attached hydrogens (tertiary/aromatic N) is 2. The first kappa shape index (κ1) is 23.6. The number of piperidine rings is 1. The maximum Gasteiger partial charge on any atom is 0.243 e. The standard InChI is InChI=1S/C25H32N2O5S/c1-18-6-9-21(10-7-18)33(29,30)26-15-12-19(13-16-26)25(28)27-14-4-5-23(27)22-17-20(31-2)8-11-24(22)32-3/h6-11,17,19,23H,4-5,12-16H2,1-3H3. The van der Waals surface area contributed by atoms with Crippen LogP contribution in [0.2, 0.25) is 0 Å². The van der Waals surface area contributed by atoms with E-state index in [1.54, 1.807) is 26.4 Å². The van der Waals surface area contributed by atoms with Gasteiger partial charge in [0.2, 0.25) is 15.9 Å². The van der Waals surface area contributed by atoms with Crippen LogP contribution in [0, 0.1) is 12.8 Å². The van der Waals surface area contributed by atoms with E-state index in [0.717, 1.165) is 35.5 Å². The van der Waals surface area contributed by atoms with Crippen molar-refractivity contribution in [1.29, 1.82) is 0 Å². The quantitative estimate of drug-likeness (QED) is 0.640. The lowest BCUT2D eigenvalue weighted by Gasteiger charge is -2.34. The Morgan fingerprint density at radius 3 is 2.27 bits per heavy atom. The molecular weight excluding hydrogens is 440 g/mol. The second kappa shape index (κ2) is 9.73. The van der Waals surface area contributed by atoms with Crippen molar-refractivity contribution in [3.05, 3.63) is 53.6 Å². The van der Waals surface area contributed by atoms with Gasteiger partial charge < -0.3 is 14.4 Å². The van der Waals surface area contributed by atoms with E-state index >= 15 is 0 Å². The molecule has 2 saturated heterocycles. The number of likely N-dealkylation sites (tertiary alicyclic amines) is 1. The van der Waals surface area contributed by atoms with Gasteiger partial charge >= 0.3 is 0 Å². The normalized spacial score (nSPS) is 20.1. The number of carbonyl (C=O) groups excluding carboxylic acids is 1. The predicted octanol–water partition coefficient (Wildman–Crippen LogP) is 3.78. The van der Waals surface area contributed by atoms with Crippen LogP contribution in [0.15, 0.2) is 47.4 Å². The molecule has 0 spiro atoms. The molecule has 0 radical (unpaired) electrons. The SMILES string of the molecule is COc1ccc(OC)c(C2CCCN2C(=O)C2CCN(S(=O)(=O)c3ccc(C)cc3)CC2)c1. The highest BCUT2D eigenvalue weighted by Crippen LogP contribution is 2.40. The van der Waals surface area contributed by atoms with Gasteiger partial charge in [0.25, 0.3) is 0 Å². The summed E-state index contributed by atoms with van der Waals surface area (Å²) in [6, 6.07) is 12.5. The molecule has 1 atom stereocenters. The number of rotatable bonds is 6. The lowest BCUT2D eigenvalue weighted by atomic mass is 9.95. The summed E-state index contributed by atoms with van der Waals surface area (Å²) in [5.74, 6) is 1.42. The maximum atomic E-state index is 13.5. The molecule has 2 aliphatic heterocycles. The number of amides is 1. The molecule has 8 heteroatoms. The number of carbonyl (C=O) groups is 1. The number of aryl methyl sites for hydroxylation is 1. The van der Waals surface area contributed by atoms with Crippen molar-refractivity contribution in [2.75, 3.05) is 33.9 Å². The highest BCUT2D eigenvalue weighted by molar-refractivity contribution is 7.89. The van der Waals surface area contributed by atoms with Crippen LogP contribution in [0.5, 0.6) is 11.5 Å². The zero-order chi connectivity index (χ0) is 23.6. The van der Waals surface area contributed by atoms with Crippen molar-refractivity contribution in [2.45, 2.75) is 43.5 Å². The third-order valence-electron chi connectivity index (χ3n) is 6.79. The molecule has 2 heterocycles. The molecular formula is C25H32N2O5S. The molecule has 0 bridgehead atoms. The largest absolute Gasteiger partial charge is 0.497 e. The van der Waals surface area contributed by atoms with Gasteiger partial charge in [-0.3, -0.25) is 4.79 Å². The number of hydrogen-bond donors (Lipinski definition) is 0. The third-order valence-corrected chi connectivity index (χ3v) is 8.71. The van der Waals surface area contributed by atoms with Gasteiger partial charge in [0.1, 0.15) is 11.5 Å². The van der Waals surface area contributed by atoms with E-state index in [1.807, 2.05) is 42.2 Å². The molecule has 0 N–H and O–H groups in total. The first-order chi connectivity index (χ1) is 15.8. The molecule has 2 aromatic carbocycles. The van der Waals surface area contributed by atoms with Gasteiger partial charge in [-0.25, -0.2) is 8.42 Å². The fourth-order valence-electron chi connectivity index (χ4n) is 4.89. The Morgan fingerprint density at radius 2 is 1.64 bits per heavy atom. The van der Waals surface area contributed by atoms with E-state index < -0.39 is 10.0 Å². The van der Waals surface area contributed by atoms with Gasteiger partial charge in [-0.2, -0.15) is 4.31 Å². The second-order valence-corrected chi connectivity index (χ2v) is 10.7. The van der Waals surface area contributed by atoms with Gasteiger partial charge in [0, 0.05) is 31.1 Å². The monoisotopic (exact) mass is 472 g/mol. The molecule has 178 valence electrons. The van der Waals surface area contributed by atoms with Crippen LogP contribution in [0.3, 0.4) is 0 Å². The van der Waals surface area contributed by atoms with Gasteiger partial charge in [-0.05, 0) is 62.9 Å². The number of methoxy groups -OCH3 is 2. The lowest BCUT2D eigenvalue weighted by molar-refractivity contribution is -0.137. The molecule has 1 unspecified atom stereocenters. The fraction of sp³-hybridized carbons (Fsp3) is 0.480.